The number of aryl methyl sites for hydroxylation is 2. The molecule has 39 heavy (non-hydrogen) atoms. The average Bonchev–Trinajstić information content (AvgIpc) is 3.29. The Morgan fingerprint density at radius 2 is 1.62 bits per heavy atom. The van der Waals surface area contributed by atoms with Crippen molar-refractivity contribution in [2.24, 2.45) is 7.05 Å². The molecule has 0 bridgehead atoms. The minimum absolute atomic E-state index is 0.669. The molecule has 2 aromatic carbocycles. The van der Waals surface area contributed by atoms with E-state index in [-0.39, 0.29) is 0 Å². The van der Waals surface area contributed by atoms with Gasteiger partial charge in [-0.1, -0.05) is 17.7 Å². The van der Waals surface area contributed by atoms with Crippen molar-refractivity contribution in [3.63, 3.8) is 0 Å². The number of imidazole rings is 1. The molecule has 2 fully saturated rings. The fraction of sp³-hybridized carbons (Fsp3) is 0.414. The first-order chi connectivity index (χ1) is 19.1. The van der Waals surface area contributed by atoms with Gasteiger partial charge in [0.15, 0.2) is 0 Å². The van der Waals surface area contributed by atoms with E-state index in [1.807, 2.05) is 30.3 Å². The van der Waals surface area contributed by atoms with Crippen LogP contribution >= 0.6 is 11.6 Å². The van der Waals surface area contributed by atoms with Crippen molar-refractivity contribution >= 4 is 40.1 Å². The van der Waals surface area contributed by atoms with Gasteiger partial charge in [0.05, 0.1) is 43.2 Å². The summed E-state index contributed by atoms with van der Waals surface area (Å²) >= 11 is 6.09. The number of hydrogen-bond donors (Lipinski definition) is 1. The first-order valence-electron chi connectivity index (χ1n) is 13.6. The Kier molecular flexibility index (Phi) is 7.92. The molecular formula is C29H34ClN7O2. The van der Waals surface area contributed by atoms with Gasteiger partial charge in [-0.25, -0.2) is 9.97 Å². The lowest BCUT2D eigenvalue weighted by atomic mass is 10.1. The Bertz CT molecular complexity index is 1410. The third-order valence-electron chi connectivity index (χ3n) is 7.37. The maximum atomic E-state index is 6.09. The first-order valence-corrected chi connectivity index (χ1v) is 14.0. The Labute approximate surface area is 233 Å². The van der Waals surface area contributed by atoms with Crippen molar-refractivity contribution in [1.29, 1.82) is 0 Å². The van der Waals surface area contributed by atoms with Crippen molar-refractivity contribution in [2.75, 3.05) is 69.4 Å². The predicted octanol–water partition coefficient (Wildman–Crippen LogP) is 4.53. The topological polar surface area (TPSA) is 80.6 Å². The summed E-state index contributed by atoms with van der Waals surface area (Å²) in [5, 5.41) is 4.12. The van der Waals surface area contributed by atoms with Gasteiger partial charge < -0.3 is 24.3 Å². The highest BCUT2D eigenvalue weighted by molar-refractivity contribution is 6.30. The number of morpholine rings is 2. The molecule has 1 N–H and O–H groups in total. The molecule has 6 rings (SSSR count). The van der Waals surface area contributed by atoms with Gasteiger partial charge in [0.25, 0.3) is 0 Å². The van der Waals surface area contributed by atoms with Gasteiger partial charge in [0.2, 0.25) is 5.95 Å². The van der Waals surface area contributed by atoms with Crippen LogP contribution in [0.3, 0.4) is 0 Å². The van der Waals surface area contributed by atoms with Crippen LogP contribution in [0.2, 0.25) is 5.02 Å². The molecule has 4 aromatic rings. The Balaban J connectivity index is 1.27. The second-order valence-corrected chi connectivity index (χ2v) is 10.5. The summed E-state index contributed by atoms with van der Waals surface area (Å²) < 4.78 is 13.2. The Morgan fingerprint density at radius 3 is 2.38 bits per heavy atom. The number of hydrogen-bond acceptors (Lipinski definition) is 8. The third kappa shape index (κ3) is 6.17. The van der Waals surface area contributed by atoms with E-state index < -0.39 is 0 Å². The molecular weight excluding hydrogens is 514 g/mol. The number of nitrogens with zero attached hydrogens (tertiary/aromatic N) is 6. The number of halogens is 1. The van der Waals surface area contributed by atoms with Crippen molar-refractivity contribution in [3.8, 4) is 11.3 Å². The van der Waals surface area contributed by atoms with Gasteiger partial charge in [-0.2, -0.15) is 4.98 Å². The second-order valence-electron chi connectivity index (χ2n) is 10.0. The van der Waals surface area contributed by atoms with Gasteiger partial charge in [-0.05, 0) is 49.4 Å². The maximum absolute atomic E-state index is 6.09. The molecule has 0 saturated carbocycles. The number of ether oxygens (including phenoxy) is 2. The molecule has 204 valence electrons. The fourth-order valence-corrected chi connectivity index (χ4v) is 5.27. The minimum Gasteiger partial charge on any atom is -0.379 e. The first kappa shape index (κ1) is 26.0. The number of benzene rings is 2. The van der Waals surface area contributed by atoms with Gasteiger partial charge in [-0.3, -0.25) is 4.90 Å². The number of anilines is 3. The molecule has 4 heterocycles. The molecule has 9 nitrogen and oxygen atoms in total. The quantitative estimate of drug-likeness (QED) is 0.345. The summed E-state index contributed by atoms with van der Waals surface area (Å²) in [7, 11) is 2.11. The van der Waals surface area contributed by atoms with Crippen LogP contribution in [0.1, 0.15) is 12.2 Å². The highest BCUT2D eigenvalue weighted by Crippen LogP contribution is 2.29. The van der Waals surface area contributed by atoms with Gasteiger partial charge >= 0.3 is 0 Å². The summed E-state index contributed by atoms with van der Waals surface area (Å²) in [6.45, 7) is 7.65. The van der Waals surface area contributed by atoms with Crippen LogP contribution in [0.5, 0.6) is 0 Å². The molecule has 0 amide bonds. The lowest BCUT2D eigenvalue weighted by molar-refractivity contribution is 0.0374. The lowest BCUT2D eigenvalue weighted by Crippen LogP contribution is -2.37. The van der Waals surface area contributed by atoms with Crippen molar-refractivity contribution in [2.45, 2.75) is 12.8 Å². The summed E-state index contributed by atoms with van der Waals surface area (Å²) in [4.78, 5) is 19.4. The van der Waals surface area contributed by atoms with Crippen LogP contribution in [0, 0.1) is 0 Å². The predicted molar refractivity (Wildman–Crippen MR) is 155 cm³/mol. The fourth-order valence-electron chi connectivity index (χ4n) is 5.14. The Morgan fingerprint density at radius 1 is 0.872 bits per heavy atom. The summed E-state index contributed by atoms with van der Waals surface area (Å²) in [5.41, 5.74) is 4.92. The monoisotopic (exact) mass is 547 g/mol. The molecule has 0 aliphatic carbocycles. The van der Waals surface area contributed by atoms with Crippen LogP contribution in [-0.4, -0.2) is 83.6 Å². The zero-order valence-electron chi connectivity index (χ0n) is 22.3. The second kappa shape index (κ2) is 11.9. The smallest absolute Gasteiger partial charge is 0.228 e. The lowest BCUT2D eigenvalue weighted by Gasteiger charge is -2.27. The SMILES string of the molecule is Cn1c(CCCN2CCOCC2)nc2ccc(-c3cc(Nc4ccc(Cl)cc4)nc(N4CCOCC4)n3)cc21. The van der Waals surface area contributed by atoms with Crippen LogP contribution in [-0.2, 0) is 22.9 Å². The average molecular weight is 548 g/mol. The van der Waals surface area contributed by atoms with E-state index >= 15 is 0 Å². The van der Waals surface area contributed by atoms with Crippen molar-refractivity contribution < 1.29 is 9.47 Å². The van der Waals surface area contributed by atoms with Crippen LogP contribution in [0.15, 0.2) is 48.5 Å². The normalized spacial score (nSPS) is 16.6. The number of fused-ring (bicyclic) bond motifs is 1. The highest BCUT2D eigenvalue weighted by Gasteiger charge is 2.18. The van der Waals surface area contributed by atoms with E-state index in [4.69, 9.17) is 36.0 Å². The maximum Gasteiger partial charge on any atom is 0.228 e. The van der Waals surface area contributed by atoms with E-state index in [1.165, 1.54) is 0 Å². The number of nitrogens with one attached hydrogen (secondary N) is 1. The Hall–Kier alpha value is -3.24. The minimum atomic E-state index is 0.669. The standard InChI is InChI=1S/C29H34ClN7O2/c1-35-26-19-21(4-9-24(26)32-28(35)3-2-10-36-11-15-38-16-12-36)25-20-27(31-23-7-5-22(30)6-8-23)34-29(33-25)37-13-17-39-18-14-37/h4-9,19-20H,2-3,10-18H2,1H3,(H,31,33,34). The summed E-state index contributed by atoms with van der Waals surface area (Å²) in [6, 6.07) is 16.0. The number of aromatic nitrogens is 4. The molecule has 2 aliphatic heterocycles. The third-order valence-corrected chi connectivity index (χ3v) is 7.62. The molecule has 2 saturated heterocycles. The molecule has 0 atom stereocenters. The molecule has 0 spiro atoms. The van der Waals surface area contributed by atoms with Crippen molar-refractivity contribution in [3.05, 3.63) is 59.4 Å². The summed E-state index contributed by atoms with van der Waals surface area (Å²) in [5.74, 6) is 2.54. The van der Waals surface area contributed by atoms with E-state index in [0.717, 1.165) is 98.4 Å². The van der Waals surface area contributed by atoms with E-state index in [1.54, 1.807) is 0 Å². The van der Waals surface area contributed by atoms with Gasteiger partial charge in [0.1, 0.15) is 11.6 Å². The van der Waals surface area contributed by atoms with Crippen LogP contribution in [0.4, 0.5) is 17.5 Å². The van der Waals surface area contributed by atoms with Crippen LogP contribution < -0.4 is 10.2 Å². The van der Waals surface area contributed by atoms with E-state index in [0.29, 0.717) is 24.2 Å². The number of rotatable bonds is 8. The molecule has 2 aromatic heterocycles. The molecule has 2 aliphatic rings. The summed E-state index contributed by atoms with van der Waals surface area (Å²) in [6.07, 6.45) is 2.03. The molecule has 0 unspecified atom stereocenters. The van der Waals surface area contributed by atoms with E-state index in [9.17, 15) is 0 Å². The van der Waals surface area contributed by atoms with E-state index in [2.05, 4.69) is 44.9 Å². The molecule has 0 radical (unpaired) electrons. The van der Waals surface area contributed by atoms with Crippen molar-refractivity contribution in [1.82, 2.24) is 24.4 Å². The molecule has 10 heteroatoms. The zero-order valence-corrected chi connectivity index (χ0v) is 23.0. The largest absolute Gasteiger partial charge is 0.379 e. The van der Waals surface area contributed by atoms with Gasteiger partial charge in [0, 0.05) is 62.0 Å². The van der Waals surface area contributed by atoms with Gasteiger partial charge in [-0.15, -0.1) is 0 Å². The van der Waals surface area contributed by atoms with Crippen LogP contribution in [0.25, 0.3) is 22.3 Å². The highest BCUT2D eigenvalue weighted by atomic mass is 35.5. The zero-order chi connectivity index (χ0) is 26.6.